The van der Waals surface area contributed by atoms with E-state index in [4.69, 9.17) is 9.98 Å². The van der Waals surface area contributed by atoms with Gasteiger partial charge in [-0.05, 0) is 51.8 Å². The highest BCUT2D eigenvalue weighted by Gasteiger charge is 2.31. The number of aryl methyl sites for hydroxylation is 1. The average Bonchev–Trinajstić information content (AvgIpc) is 3.00. The molecule has 0 bridgehead atoms. The van der Waals surface area contributed by atoms with Gasteiger partial charge in [-0.3, -0.25) is 0 Å². The van der Waals surface area contributed by atoms with Crippen LogP contribution >= 0.6 is 0 Å². The van der Waals surface area contributed by atoms with Gasteiger partial charge in [0, 0.05) is 17.5 Å². The van der Waals surface area contributed by atoms with Crippen molar-refractivity contribution in [1.29, 1.82) is 0 Å². The lowest BCUT2D eigenvalue weighted by molar-refractivity contribution is 0.591. The van der Waals surface area contributed by atoms with E-state index in [9.17, 15) is 0 Å². The second-order valence-corrected chi connectivity index (χ2v) is 10.3. The van der Waals surface area contributed by atoms with E-state index in [-0.39, 0.29) is 5.41 Å². The van der Waals surface area contributed by atoms with Crippen molar-refractivity contribution in [1.82, 2.24) is 0 Å². The molecule has 0 aromatic heterocycles. The largest absolute Gasteiger partial charge is 0.246 e. The highest BCUT2D eigenvalue weighted by Crippen LogP contribution is 2.42. The van der Waals surface area contributed by atoms with Crippen molar-refractivity contribution in [3.05, 3.63) is 118 Å². The first kappa shape index (κ1) is 20.8. The summed E-state index contributed by atoms with van der Waals surface area (Å²) >= 11 is 0. The van der Waals surface area contributed by atoms with Gasteiger partial charge in [0.1, 0.15) is 0 Å². The summed E-state index contributed by atoms with van der Waals surface area (Å²) in [6, 6.07) is 30.3. The fourth-order valence-electron chi connectivity index (χ4n) is 5.31. The molecule has 2 heteroatoms. The number of hydrogen-bond donors (Lipinski definition) is 0. The second-order valence-electron chi connectivity index (χ2n) is 10.3. The number of para-hydroxylation sites is 2. The fraction of sp³-hybridized carbons (Fsp3) is 0.188. The molecular formula is C32H28N2. The van der Waals surface area contributed by atoms with Crippen LogP contribution in [0.15, 0.2) is 94.9 Å². The van der Waals surface area contributed by atoms with Gasteiger partial charge in [-0.1, -0.05) is 99.6 Å². The van der Waals surface area contributed by atoms with Crippen LogP contribution in [0.5, 0.6) is 0 Å². The lowest BCUT2D eigenvalue weighted by atomic mass is 9.80. The van der Waals surface area contributed by atoms with Gasteiger partial charge < -0.3 is 0 Å². The summed E-state index contributed by atoms with van der Waals surface area (Å²) in [5.41, 5.74) is 13.9. The molecule has 2 nitrogen and oxygen atoms in total. The average molecular weight is 441 g/mol. The molecule has 6 rings (SSSR count). The highest BCUT2D eigenvalue weighted by molar-refractivity contribution is 6.58. The smallest absolute Gasteiger partial charge is 0.0981 e. The van der Waals surface area contributed by atoms with Gasteiger partial charge in [0.2, 0.25) is 0 Å². The highest BCUT2D eigenvalue weighted by atomic mass is 14.8. The number of aliphatic imine (C=N–C) groups is 2. The molecule has 0 atom stereocenters. The van der Waals surface area contributed by atoms with E-state index in [1.807, 2.05) is 0 Å². The number of hydrogen-bond acceptors (Lipinski definition) is 2. The summed E-state index contributed by atoms with van der Waals surface area (Å²) in [4.78, 5) is 10.7. The summed E-state index contributed by atoms with van der Waals surface area (Å²) in [5.74, 6) is 0. The Hall–Kier alpha value is -3.78. The molecule has 2 aliphatic rings. The van der Waals surface area contributed by atoms with E-state index in [0.29, 0.717) is 0 Å². The first-order valence-corrected chi connectivity index (χ1v) is 12.0. The SMILES string of the molecule is Cc1cccc2c1N=C1C(=Nc3ccccc3C(C)(C)C)c3ccccc3-c3cccc(c31)C2. The Morgan fingerprint density at radius 3 is 2.21 bits per heavy atom. The lowest BCUT2D eigenvalue weighted by Crippen LogP contribution is -2.24. The van der Waals surface area contributed by atoms with E-state index in [2.05, 4.69) is 113 Å². The molecular weight excluding hydrogens is 412 g/mol. The van der Waals surface area contributed by atoms with Crippen LogP contribution in [0.1, 0.15) is 54.2 Å². The molecule has 1 aliphatic heterocycles. The molecule has 0 N–H and O–H groups in total. The number of fused-ring (bicyclic) bond motifs is 3. The Morgan fingerprint density at radius 1 is 0.706 bits per heavy atom. The van der Waals surface area contributed by atoms with Crippen LogP contribution in [0.25, 0.3) is 11.1 Å². The first-order valence-electron chi connectivity index (χ1n) is 12.0. The molecule has 34 heavy (non-hydrogen) atoms. The molecule has 0 fully saturated rings. The zero-order valence-corrected chi connectivity index (χ0v) is 20.2. The Labute approximate surface area is 201 Å². The summed E-state index contributed by atoms with van der Waals surface area (Å²) in [6.45, 7) is 8.90. The topological polar surface area (TPSA) is 24.7 Å². The van der Waals surface area contributed by atoms with E-state index in [1.54, 1.807) is 0 Å². The van der Waals surface area contributed by atoms with Crippen LogP contribution < -0.4 is 0 Å². The van der Waals surface area contributed by atoms with Crippen LogP contribution in [0.3, 0.4) is 0 Å². The van der Waals surface area contributed by atoms with Crippen molar-refractivity contribution in [3.8, 4) is 11.1 Å². The van der Waals surface area contributed by atoms with Gasteiger partial charge in [0.15, 0.2) is 0 Å². The Bertz CT molecular complexity index is 1510. The molecule has 0 spiro atoms. The molecule has 0 amide bonds. The van der Waals surface area contributed by atoms with Gasteiger partial charge in [-0.15, -0.1) is 0 Å². The summed E-state index contributed by atoms with van der Waals surface area (Å²) in [7, 11) is 0. The Kier molecular flexibility index (Phi) is 4.67. The maximum absolute atomic E-state index is 5.38. The molecule has 0 radical (unpaired) electrons. The second kappa shape index (κ2) is 7.63. The number of benzene rings is 4. The standard InChI is InChI=1S/C32H28N2/c1-20-11-9-13-22-19-21-12-10-16-24-23-14-5-6-15-25(23)30(31(28(21)24)34-29(20)22)33-27-18-8-7-17-26(27)32(2,3)4/h5-18H,19H2,1-4H3. The van der Waals surface area contributed by atoms with Gasteiger partial charge in [0.05, 0.1) is 22.8 Å². The van der Waals surface area contributed by atoms with E-state index < -0.39 is 0 Å². The van der Waals surface area contributed by atoms with Crippen molar-refractivity contribution < 1.29 is 0 Å². The number of rotatable bonds is 1. The van der Waals surface area contributed by atoms with E-state index in [0.717, 1.165) is 34.8 Å². The third-order valence-corrected chi connectivity index (χ3v) is 6.95. The van der Waals surface area contributed by atoms with Crippen molar-refractivity contribution in [2.75, 3.05) is 0 Å². The van der Waals surface area contributed by atoms with E-state index >= 15 is 0 Å². The molecule has 1 heterocycles. The fourth-order valence-corrected chi connectivity index (χ4v) is 5.31. The summed E-state index contributed by atoms with van der Waals surface area (Å²) in [5, 5.41) is 0. The van der Waals surface area contributed by atoms with Crippen LogP contribution in [0, 0.1) is 6.92 Å². The van der Waals surface area contributed by atoms with Crippen LogP contribution in [0.2, 0.25) is 0 Å². The van der Waals surface area contributed by atoms with Crippen molar-refractivity contribution in [2.24, 2.45) is 9.98 Å². The molecule has 0 saturated heterocycles. The third kappa shape index (κ3) is 3.25. The lowest BCUT2D eigenvalue weighted by Gasteiger charge is -2.26. The molecule has 0 saturated carbocycles. The Morgan fingerprint density at radius 2 is 1.38 bits per heavy atom. The van der Waals surface area contributed by atoms with Gasteiger partial charge >= 0.3 is 0 Å². The molecule has 166 valence electrons. The van der Waals surface area contributed by atoms with Gasteiger partial charge in [0.25, 0.3) is 0 Å². The zero-order valence-electron chi connectivity index (χ0n) is 20.2. The zero-order chi connectivity index (χ0) is 23.4. The molecule has 0 unspecified atom stereocenters. The van der Waals surface area contributed by atoms with E-state index in [1.165, 1.54) is 38.9 Å². The quantitative estimate of drug-likeness (QED) is 0.285. The molecule has 4 aromatic carbocycles. The third-order valence-electron chi connectivity index (χ3n) is 6.95. The van der Waals surface area contributed by atoms with Crippen LogP contribution in [-0.2, 0) is 11.8 Å². The van der Waals surface area contributed by atoms with Crippen LogP contribution in [-0.4, -0.2) is 11.4 Å². The maximum Gasteiger partial charge on any atom is 0.0981 e. The van der Waals surface area contributed by atoms with Crippen molar-refractivity contribution >= 4 is 22.8 Å². The monoisotopic (exact) mass is 440 g/mol. The summed E-state index contributed by atoms with van der Waals surface area (Å²) in [6.07, 6.45) is 0.876. The molecule has 4 aromatic rings. The summed E-state index contributed by atoms with van der Waals surface area (Å²) < 4.78 is 0. The minimum atomic E-state index is -0.00758. The molecule has 1 aliphatic carbocycles. The predicted octanol–water partition coefficient (Wildman–Crippen LogP) is 8.12. The maximum atomic E-state index is 5.38. The Balaban J connectivity index is 1.72. The van der Waals surface area contributed by atoms with Gasteiger partial charge in [-0.25, -0.2) is 9.98 Å². The normalized spacial score (nSPS) is 15.2. The predicted molar refractivity (Wildman–Crippen MR) is 143 cm³/mol. The van der Waals surface area contributed by atoms with Crippen molar-refractivity contribution in [3.63, 3.8) is 0 Å². The van der Waals surface area contributed by atoms with Gasteiger partial charge in [-0.2, -0.15) is 0 Å². The minimum absolute atomic E-state index is 0.00758. The van der Waals surface area contributed by atoms with Crippen molar-refractivity contribution in [2.45, 2.75) is 39.5 Å². The first-order chi connectivity index (χ1) is 16.4. The van der Waals surface area contributed by atoms with Crippen LogP contribution in [0.4, 0.5) is 11.4 Å². The minimum Gasteiger partial charge on any atom is -0.246 e. The number of nitrogens with zero attached hydrogens (tertiary/aromatic N) is 2.